The molecule has 0 spiro atoms. The Morgan fingerprint density at radius 3 is 3.00 bits per heavy atom. The summed E-state index contributed by atoms with van der Waals surface area (Å²) >= 11 is 4.36. The van der Waals surface area contributed by atoms with Crippen molar-refractivity contribution in [3.63, 3.8) is 0 Å². The normalized spacial score (nSPS) is 26.7. The molecule has 2 unspecified atom stereocenters. The Morgan fingerprint density at radius 1 is 1.82 bits per heavy atom. The van der Waals surface area contributed by atoms with Gasteiger partial charge in [0.05, 0.1) is 12.5 Å². The summed E-state index contributed by atoms with van der Waals surface area (Å²) in [5.41, 5.74) is 0. The molecule has 0 amide bonds. The Kier molecular flexibility index (Phi) is 3.24. The maximum Gasteiger partial charge on any atom is 0.310 e. The number of rotatable bonds is 3. The van der Waals surface area contributed by atoms with E-state index in [0.717, 1.165) is 19.3 Å². The molecule has 0 aromatic heterocycles. The first-order valence-electron chi connectivity index (χ1n) is 4.10. The van der Waals surface area contributed by atoms with E-state index in [1.807, 2.05) is 0 Å². The van der Waals surface area contributed by atoms with Gasteiger partial charge in [0.1, 0.15) is 0 Å². The molecule has 64 valence electrons. The maximum atomic E-state index is 11.0. The molecule has 2 nitrogen and oxygen atoms in total. The lowest BCUT2D eigenvalue weighted by atomic mass is 10.0. The van der Waals surface area contributed by atoms with Crippen LogP contribution in [0.1, 0.15) is 26.2 Å². The summed E-state index contributed by atoms with van der Waals surface area (Å²) in [6.07, 6.45) is 2.94. The largest absolute Gasteiger partial charge is 0.465 e. The zero-order valence-corrected chi connectivity index (χ0v) is 7.64. The summed E-state index contributed by atoms with van der Waals surface area (Å²) in [6.45, 7) is 2.69. The molecule has 0 aromatic rings. The van der Waals surface area contributed by atoms with Gasteiger partial charge in [0.2, 0.25) is 0 Å². The van der Waals surface area contributed by atoms with Gasteiger partial charge in [0, 0.05) is 5.25 Å². The first-order chi connectivity index (χ1) is 5.25. The quantitative estimate of drug-likeness (QED) is 0.520. The average Bonchev–Trinajstić information content (AvgIpc) is 2.36. The van der Waals surface area contributed by atoms with E-state index in [1.165, 1.54) is 0 Å². The van der Waals surface area contributed by atoms with E-state index in [1.54, 1.807) is 0 Å². The second-order valence-electron chi connectivity index (χ2n) is 2.92. The smallest absolute Gasteiger partial charge is 0.310 e. The van der Waals surface area contributed by atoms with Crippen molar-refractivity contribution >= 4 is 18.6 Å². The molecule has 1 saturated heterocycles. The van der Waals surface area contributed by atoms with E-state index in [9.17, 15) is 4.79 Å². The van der Waals surface area contributed by atoms with Crippen LogP contribution < -0.4 is 0 Å². The number of hydrogen-bond acceptors (Lipinski definition) is 3. The third kappa shape index (κ3) is 2.12. The van der Waals surface area contributed by atoms with Crippen LogP contribution in [0, 0.1) is 5.92 Å². The highest BCUT2D eigenvalue weighted by Crippen LogP contribution is 2.25. The highest BCUT2D eigenvalue weighted by molar-refractivity contribution is 7.81. The van der Waals surface area contributed by atoms with Gasteiger partial charge in [0.15, 0.2) is 0 Å². The Labute approximate surface area is 72.7 Å². The molecular formula is C8H14O2S. The molecule has 0 aliphatic carbocycles. The third-order valence-corrected chi connectivity index (χ3v) is 2.64. The second kappa shape index (κ2) is 4.00. The van der Waals surface area contributed by atoms with Gasteiger partial charge in [-0.25, -0.2) is 0 Å². The van der Waals surface area contributed by atoms with Crippen LogP contribution in [0.4, 0.5) is 0 Å². The number of carbonyl (C=O) groups excluding carboxylic acids is 1. The SMILES string of the molecule is CCCC(S)C1CCOC1=O. The molecule has 1 heterocycles. The van der Waals surface area contributed by atoms with Crippen LogP contribution in [-0.4, -0.2) is 17.8 Å². The van der Waals surface area contributed by atoms with Crippen molar-refractivity contribution in [2.45, 2.75) is 31.4 Å². The monoisotopic (exact) mass is 174 g/mol. The highest BCUT2D eigenvalue weighted by Gasteiger charge is 2.31. The van der Waals surface area contributed by atoms with E-state index < -0.39 is 0 Å². The fraction of sp³-hybridized carbons (Fsp3) is 0.875. The molecule has 0 aromatic carbocycles. The van der Waals surface area contributed by atoms with E-state index in [4.69, 9.17) is 4.74 Å². The molecule has 11 heavy (non-hydrogen) atoms. The van der Waals surface area contributed by atoms with Gasteiger partial charge in [-0.05, 0) is 12.8 Å². The number of esters is 1. The summed E-state index contributed by atoms with van der Waals surface area (Å²) in [7, 11) is 0. The minimum atomic E-state index is -0.0570. The molecule has 0 saturated carbocycles. The van der Waals surface area contributed by atoms with Crippen molar-refractivity contribution < 1.29 is 9.53 Å². The standard InChI is InChI=1S/C8H14O2S/c1-2-3-7(11)6-4-5-10-8(6)9/h6-7,11H,2-5H2,1H3. The van der Waals surface area contributed by atoms with E-state index in [-0.39, 0.29) is 17.1 Å². The zero-order valence-electron chi connectivity index (χ0n) is 6.75. The van der Waals surface area contributed by atoms with Gasteiger partial charge >= 0.3 is 5.97 Å². The molecule has 1 fully saturated rings. The van der Waals surface area contributed by atoms with E-state index in [2.05, 4.69) is 19.6 Å². The van der Waals surface area contributed by atoms with Gasteiger partial charge in [-0.3, -0.25) is 4.79 Å². The molecule has 2 atom stereocenters. The fourth-order valence-electron chi connectivity index (χ4n) is 1.36. The van der Waals surface area contributed by atoms with Crippen LogP contribution in [-0.2, 0) is 9.53 Å². The van der Waals surface area contributed by atoms with Gasteiger partial charge < -0.3 is 4.74 Å². The van der Waals surface area contributed by atoms with Gasteiger partial charge in [-0.15, -0.1) is 0 Å². The third-order valence-electron chi connectivity index (χ3n) is 2.02. The van der Waals surface area contributed by atoms with Crippen molar-refractivity contribution in [1.29, 1.82) is 0 Å². The number of cyclic esters (lactones) is 1. The molecule has 0 bridgehead atoms. The van der Waals surface area contributed by atoms with Gasteiger partial charge in [-0.1, -0.05) is 13.3 Å². The van der Waals surface area contributed by atoms with Gasteiger partial charge in [0.25, 0.3) is 0 Å². The topological polar surface area (TPSA) is 26.3 Å². The summed E-state index contributed by atoms with van der Waals surface area (Å²) in [5, 5.41) is 0.204. The van der Waals surface area contributed by atoms with Crippen molar-refractivity contribution in [3.8, 4) is 0 Å². The summed E-state index contributed by atoms with van der Waals surface area (Å²) in [6, 6.07) is 0. The maximum absolute atomic E-state index is 11.0. The lowest BCUT2D eigenvalue weighted by Crippen LogP contribution is -2.19. The molecule has 1 aliphatic heterocycles. The lowest BCUT2D eigenvalue weighted by molar-refractivity contribution is -0.141. The van der Waals surface area contributed by atoms with Crippen LogP contribution >= 0.6 is 12.6 Å². The first-order valence-corrected chi connectivity index (χ1v) is 4.62. The van der Waals surface area contributed by atoms with Crippen molar-refractivity contribution in [2.24, 2.45) is 5.92 Å². The average molecular weight is 174 g/mol. The van der Waals surface area contributed by atoms with Crippen LogP contribution in [0.15, 0.2) is 0 Å². The molecule has 1 aliphatic rings. The Hall–Kier alpha value is -0.180. The minimum absolute atomic E-state index is 0.0540. The van der Waals surface area contributed by atoms with E-state index >= 15 is 0 Å². The lowest BCUT2D eigenvalue weighted by Gasteiger charge is -2.12. The molecule has 0 N–H and O–H groups in total. The minimum Gasteiger partial charge on any atom is -0.465 e. The highest BCUT2D eigenvalue weighted by atomic mass is 32.1. The molecule has 0 radical (unpaired) electrons. The Balaban J connectivity index is 2.39. The summed E-state index contributed by atoms with van der Waals surface area (Å²) in [5.74, 6) is -0.00302. The first kappa shape index (κ1) is 8.91. The van der Waals surface area contributed by atoms with Crippen LogP contribution in [0.25, 0.3) is 0 Å². The molecule has 3 heteroatoms. The van der Waals surface area contributed by atoms with Crippen LogP contribution in [0.3, 0.4) is 0 Å². The Bertz CT molecular complexity index is 147. The van der Waals surface area contributed by atoms with Crippen LogP contribution in [0.5, 0.6) is 0 Å². The van der Waals surface area contributed by atoms with Crippen LogP contribution in [0.2, 0.25) is 0 Å². The number of hydrogen-bond donors (Lipinski definition) is 1. The molecule has 1 rings (SSSR count). The number of ether oxygens (including phenoxy) is 1. The van der Waals surface area contributed by atoms with Gasteiger partial charge in [-0.2, -0.15) is 12.6 Å². The van der Waals surface area contributed by atoms with Crippen molar-refractivity contribution in [1.82, 2.24) is 0 Å². The summed E-state index contributed by atoms with van der Waals surface area (Å²) < 4.78 is 4.85. The Morgan fingerprint density at radius 2 is 2.55 bits per heavy atom. The predicted molar refractivity (Wildman–Crippen MR) is 46.7 cm³/mol. The predicted octanol–water partition coefficient (Wildman–Crippen LogP) is 1.65. The van der Waals surface area contributed by atoms with E-state index in [0.29, 0.717) is 6.61 Å². The summed E-state index contributed by atoms with van der Waals surface area (Å²) in [4.78, 5) is 11.0. The number of carbonyl (C=O) groups is 1. The van der Waals surface area contributed by atoms with Crippen molar-refractivity contribution in [2.75, 3.05) is 6.61 Å². The number of thiol groups is 1. The fourth-order valence-corrected chi connectivity index (χ4v) is 1.89. The van der Waals surface area contributed by atoms with Crippen molar-refractivity contribution in [3.05, 3.63) is 0 Å². The second-order valence-corrected chi connectivity index (χ2v) is 3.58. The zero-order chi connectivity index (χ0) is 8.27. The molecular weight excluding hydrogens is 160 g/mol.